The molecule has 3 heterocycles. The number of aliphatic imine (C=N–C) groups is 1. The van der Waals surface area contributed by atoms with Gasteiger partial charge >= 0.3 is 5.69 Å². The molecular weight excluding hydrogens is 322 g/mol. The molecule has 1 aromatic carbocycles. The van der Waals surface area contributed by atoms with E-state index in [9.17, 15) is 14.7 Å². The maximum atomic E-state index is 12.2. The molecule has 0 unspecified atom stereocenters. The topological polar surface area (TPSA) is 101 Å². The third-order valence-corrected chi connectivity index (χ3v) is 3.96. The Morgan fingerprint density at radius 1 is 1.20 bits per heavy atom. The van der Waals surface area contributed by atoms with E-state index in [1.807, 2.05) is 24.3 Å². The first-order chi connectivity index (χ1) is 12.1. The minimum absolute atomic E-state index is 0.00922. The van der Waals surface area contributed by atoms with Gasteiger partial charge in [0.15, 0.2) is 0 Å². The molecule has 0 amide bonds. The number of aromatic amines is 1. The lowest BCUT2D eigenvalue weighted by Gasteiger charge is -2.08. The van der Waals surface area contributed by atoms with Gasteiger partial charge in [-0.2, -0.15) is 0 Å². The summed E-state index contributed by atoms with van der Waals surface area (Å²) in [4.78, 5) is 30.7. The van der Waals surface area contributed by atoms with Crippen LogP contribution in [0.25, 0.3) is 11.6 Å². The van der Waals surface area contributed by atoms with Crippen molar-refractivity contribution in [2.75, 3.05) is 0 Å². The van der Waals surface area contributed by atoms with E-state index < -0.39 is 17.1 Å². The van der Waals surface area contributed by atoms with E-state index in [4.69, 9.17) is 4.42 Å². The van der Waals surface area contributed by atoms with Gasteiger partial charge in [0, 0.05) is 17.4 Å². The summed E-state index contributed by atoms with van der Waals surface area (Å²) < 4.78 is 6.24. The van der Waals surface area contributed by atoms with Gasteiger partial charge in [-0.05, 0) is 24.3 Å². The molecule has 2 aromatic heterocycles. The predicted molar refractivity (Wildman–Crippen MR) is 93.3 cm³/mol. The van der Waals surface area contributed by atoms with Gasteiger partial charge in [-0.3, -0.25) is 19.3 Å². The zero-order chi connectivity index (χ0) is 17.4. The van der Waals surface area contributed by atoms with Crippen LogP contribution in [0.4, 0.5) is 5.69 Å². The van der Waals surface area contributed by atoms with Crippen LogP contribution in [0.2, 0.25) is 0 Å². The Morgan fingerprint density at radius 2 is 2.04 bits per heavy atom. The largest absolute Gasteiger partial charge is 0.494 e. The van der Waals surface area contributed by atoms with Crippen LogP contribution in [-0.2, 0) is 6.54 Å². The summed E-state index contributed by atoms with van der Waals surface area (Å²) in [6.45, 7) is 0.00922. The molecule has 0 radical (unpaired) electrons. The number of hydrogen-bond donors (Lipinski definition) is 2. The summed E-state index contributed by atoms with van der Waals surface area (Å²) in [5.74, 6) is 0.0613. The Balaban J connectivity index is 1.84. The molecule has 3 aromatic rings. The van der Waals surface area contributed by atoms with Gasteiger partial charge in [0.1, 0.15) is 11.3 Å². The summed E-state index contributed by atoms with van der Waals surface area (Å²) in [5.41, 5.74) is 0.938. The Hall–Kier alpha value is -3.61. The molecule has 0 fully saturated rings. The van der Waals surface area contributed by atoms with E-state index in [-0.39, 0.29) is 12.1 Å². The van der Waals surface area contributed by atoms with Gasteiger partial charge in [-0.25, -0.2) is 4.79 Å². The summed E-state index contributed by atoms with van der Waals surface area (Å²) in [5, 5.41) is 10.5. The zero-order valence-corrected chi connectivity index (χ0v) is 13.0. The highest BCUT2D eigenvalue weighted by Crippen LogP contribution is 2.32. The molecule has 4 rings (SSSR count). The van der Waals surface area contributed by atoms with Crippen LogP contribution in [-0.4, -0.2) is 20.9 Å². The van der Waals surface area contributed by atoms with E-state index in [0.717, 1.165) is 15.8 Å². The van der Waals surface area contributed by atoms with Crippen LogP contribution in [0.5, 0.6) is 5.88 Å². The Morgan fingerprint density at radius 3 is 2.84 bits per heavy atom. The van der Waals surface area contributed by atoms with Crippen LogP contribution in [0, 0.1) is 0 Å². The van der Waals surface area contributed by atoms with Crippen molar-refractivity contribution in [2.45, 2.75) is 6.54 Å². The van der Waals surface area contributed by atoms with Crippen molar-refractivity contribution in [3.8, 4) is 5.88 Å². The molecule has 7 heteroatoms. The van der Waals surface area contributed by atoms with Crippen LogP contribution >= 0.6 is 0 Å². The Kier molecular flexibility index (Phi) is 3.46. The normalized spacial score (nSPS) is 14.2. The molecule has 2 N–H and O–H groups in total. The summed E-state index contributed by atoms with van der Waals surface area (Å²) in [7, 11) is 0. The molecule has 0 spiro atoms. The van der Waals surface area contributed by atoms with Crippen LogP contribution in [0.3, 0.4) is 0 Å². The van der Waals surface area contributed by atoms with Gasteiger partial charge in [0.25, 0.3) is 5.56 Å². The zero-order valence-electron chi connectivity index (χ0n) is 13.0. The lowest BCUT2D eigenvalue weighted by Crippen LogP contribution is -2.31. The van der Waals surface area contributed by atoms with Crippen molar-refractivity contribution in [1.82, 2.24) is 9.55 Å². The average Bonchev–Trinajstić information content (AvgIpc) is 3.25. The molecule has 1 aliphatic rings. The summed E-state index contributed by atoms with van der Waals surface area (Å²) in [6.07, 6.45) is 4.60. The van der Waals surface area contributed by atoms with Gasteiger partial charge in [-0.15, -0.1) is 0 Å². The minimum atomic E-state index is -0.707. The van der Waals surface area contributed by atoms with E-state index in [1.54, 1.807) is 18.3 Å². The van der Waals surface area contributed by atoms with Crippen molar-refractivity contribution >= 4 is 23.6 Å². The van der Waals surface area contributed by atoms with Crippen LogP contribution in [0.1, 0.15) is 16.9 Å². The smallest absolute Gasteiger partial charge is 0.331 e. The number of rotatable bonds is 3. The summed E-state index contributed by atoms with van der Waals surface area (Å²) >= 11 is 0. The fourth-order valence-corrected chi connectivity index (χ4v) is 2.72. The standard InChI is InChI=1S/C18H13N3O4/c22-16-14(8-11-9-19-15-6-2-1-5-13(11)15)17(23)21(18(24)20-16)10-12-4-3-7-25-12/h1-9,23H,10H2,(H,20,22,24)/b11-8-. The highest BCUT2D eigenvalue weighted by molar-refractivity contribution is 6.21. The van der Waals surface area contributed by atoms with Gasteiger partial charge < -0.3 is 9.52 Å². The number of hydrogen-bond acceptors (Lipinski definition) is 5. The third-order valence-electron chi connectivity index (χ3n) is 3.96. The molecule has 25 heavy (non-hydrogen) atoms. The molecule has 124 valence electrons. The second kappa shape index (κ2) is 5.79. The minimum Gasteiger partial charge on any atom is -0.494 e. The van der Waals surface area contributed by atoms with Crippen molar-refractivity contribution in [2.24, 2.45) is 4.99 Å². The first-order valence-electron chi connectivity index (χ1n) is 7.57. The van der Waals surface area contributed by atoms with Crippen LogP contribution in [0.15, 0.2) is 61.7 Å². The third kappa shape index (κ3) is 2.61. The number of H-pyrrole nitrogens is 1. The Bertz CT molecular complexity index is 1120. The van der Waals surface area contributed by atoms with Crippen molar-refractivity contribution in [1.29, 1.82) is 0 Å². The molecule has 0 atom stereocenters. The first-order valence-corrected chi connectivity index (χ1v) is 7.57. The van der Waals surface area contributed by atoms with E-state index in [2.05, 4.69) is 9.98 Å². The van der Waals surface area contributed by atoms with E-state index in [0.29, 0.717) is 11.3 Å². The van der Waals surface area contributed by atoms with Crippen molar-refractivity contribution < 1.29 is 9.52 Å². The van der Waals surface area contributed by atoms with E-state index in [1.165, 1.54) is 12.3 Å². The monoisotopic (exact) mass is 335 g/mol. The van der Waals surface area contributed by atoms with E-state index >= 15 is 0 Å². The molecule has 0 aliphatic carbocycles. The molecule has 7 nitrogen and oxygen atoms in total. The number of allylic oxidation sites excluding steroid dienone is 1. The number of nitrogens with zero attached hydrogens (tertiary/aromatic N) is 2. The van der Waals surface area contributed by atoms with Crippen LogP contribution < -0.4 is 11.2 Å². The van der Waals surface area contributed by atoms with Crippen molar-refractivity contribution in [3.05, 3.63) is 80.4 Å². The second-order valence-corrected chi connectivity index (χ2v) is 5.54. The van der Waals surface area contributed by atoms with Crippen molar-refractivity contribution in [3.63, 3.8) is 0 Å². The molecule has 0 saturated carbocycles. The second-order valence-electron chi connectivity index (χ2n) is 5.54. The first kappa shape index (κ1) is 14.9. The number of nitrogens with one attached hydrogen (secondary N) is 1. The lowest BCUT2D eigenvalue weighted by molar-refractivity contribution is 0.392. The maximum absolute atomic E-state index is 12.2. The average molecular weight is 335 g/mol. The van der Waals surface area contributed by atoms with Gasteiger partial charge in [0.05, 0.1) is 18.5 Å². The molecule has 0 bridgehead atoms. The Labute approximate surface area is 141 Å². The molecule has 1 aliphatic heterocycles. The quantitative estimate of drug-likeness (QED) is 0.766. The number of aromatic hydroxyl groups is 1. The highest BCUT2D eigenvalue weighted by atomic mass is 16.3. The SMILES string of the molecule is O=c1[nH]c(=O)n(Cc2ccco2)c(O)c1/C=C1/C=Nc2ccccc21. The fraction of sp³-hybridized carbons (Fsp3) is 0.0556. The number of aromatic nitrogens is 2. The van der Waals surface area contributed by atoms with Gasteiger partial charge in [0.2, 0.25) is 5.88 Å². The molecule has 0 saturated heterocycles. The number of furan rings is 1. The number of para-hydroxylation sites is 1. The van der Waals surface area contributed by atoms with Gasteiger partial charge in [-0.1, -0.05) is 18.2 Å². The number of fused-ring (bicyclic) bond motifs is 1. The summed E-state index contributed by atoms with van der Waals surface area (Å²) in [6, 6.07) is 10.8. The fourth-order valence-electron chi connectivity index (χ4n) is 2.72. The predicted octanol–water partition coefficient (Wildman–Crippen LogP) is 2.14. The molecular formula is C18H13N3O4. The highest BCUT2D eigenvalue weighted by Gasteiger charge is 2.17. The lowest BCUT2D eigenvalue weighted by atomic mass is 10.1. The maximum Gasteiger partial charge on any atom is 0.331 e. The number of benzene rings is 1.